The molecular formula is C28H29N3O3. The summed E-state index contributed by atoms with van der Waals surface area (Å²) in [5, 5.41) is 5.37. The van der Waals surface area contributed by atoms with E-state index in [1.54, 1.807) is 38.6 Å². The van der Waals surface area contributed by atoms with Gasteiger partial charge in [-0.25, -0.2) is 5.43 Å². The highest BCUT2D eigenvalue weighted by Crippen LogP contribution is 2.31. The predicted octanol–water partition coefficient (Wildman–Crippen LogP) is 5.96. The minimum absolute atomic E-state index is 0.330. The number of aryl methyl sites for hydroxylation is 1. The number of carbonyl (C=O) groups excluding carboxylic acids is 1. The highest BCUT2D eigenvalue weighted by atomic mass is 16.5. The van der Waals surface area contributed by atoms with Crippen molar-refractivity contribution in [2.24, 2.45) is 5.10 Å². The molecule has 4 aromatic rings. The zero-order valence-corrected chi connectivity index (χ0v) is 19.7. The van der Waals surface area contributed by atoms with Crippen LogP contribution in [0.5, 0.6) is 11.5 Å². The number of fused-ring (bicyclic) bond motifs is 1. The van der Waals surface area contributed by atoms with Crippen molar-refractivity contribution in [3.05, 3.63) is 83.4 Å². The molecule has 4 rings (SSSR count). The molecule has 1 heterocycles. The molecule has 0 saturated heterocycles. The van der Waals surface area contributed by atoms with Crippen LogP contribution in [0.2, 0.25) is 0 Å². The maximum Gasteiger partial charge on any atom is 0.275 e. The molecule has 34 heavy (non-hydrogen) atoms. The van der Waals surface area contributed by atoms with Gasteiger partial charge in [-0.15, -0.1) is 0 Å². The van der Waals surface area contributed by atoms with E-state index in [2.05, 4.69) is 40.6 Å². The zero-order valence-electron chi connectivity index (χ0n) is 19.7. The molecule has 174 valence electrons. The molecule has 0 aliphatic carbocycles. The number of rotatable bonds is 9. The van der Waals surface area contributed by atoms with Gasteiger partial charge in [0.2, 0.25) is 0 Å². The highest BCUT2D eigenvalue weighted by Gasteiger charge is 2.14. The fourth-order valence-electron chi connectivity index (χ4n) is 3.96. The summed E-state index contributed by atoms with van der Waals surface area (Å²) in [4.78, 5) is 16.2. The summed E-state index contributed by atoms with van der Waals surface area (Å²) in [7, 11) is 3.19. The van der Waals surface area contributed by atoms with Crippen LogP contribution < -0.4 is 14.9 Å². The van der Waals surface area contributed by atoms with Crippen LogP contribution in [0.25, 0.3) is 22.2 Å². The molecule has 6 heteroatoms. The molecule has 1 amide bonds. The van der Waals surface area contributed by atoms with E-state index < -0.39 is 0 Å². The van der Waals surface area contributed by atoms with Crippen molar-refractivity contribution in [2.45, 2.75) is 26.2 Å². The molecule has 1 aromatic heterocycles. The van der Waals surface area contributed by atoms with Crippen LogP contribution in [0.15, 0.2) is 71.8 Å². The van der Waals surface area contributed by atoms with Gasteiger partial charge in [0.25, 0.3) is 5.91 Å². The Morgan fingerprint density at radius 1 is 1.03 bits per heavy atom. The summed E-state index contributed by atoms with van der Waals surface area (Å²) >= 11 is 0. The lowest BCUT2D eigenvalue weighted by Gasteiger charge is -2.06. The van der Waals surface area contributed by atoms with Gasteiger partial charge in [0.15, 0.2) is 0 Å². The monoisotopic (exact) mass is 455 g/mol. The number of ether oxygens (including phenoxy) is 2. The number of unbranched alkanes of at least 4 members (excludes halogenated alkanes) is 1. The summed E-state index contributed by atoms with van der Waals surface area (Å²) < 4.78 is 10.6. The van der Waals surface area contributed by atoms with Crippen LogP contribution in [0.1, 0.15) is 41.3 Å². The van der Waals surface area contributed by atoms with E-state index in [0.29, 0.717) is 11.3 Å². The number of benzene rings is 3. The number of hydrazone groups is 1. The normalized spacial score (nSPS) is 11.1. The number of nitrogens with one attached hydrogen (secondary N) is 2. The second-order valence-corrected chi connectivity index (χ2v) is 8.03. The molecule has 0 bridgehead atoms. The minimum Gasteiger partial charge on any atom is -0.497 e. The Bertz CT molecular complexity index is 1310. The van der Waals surface area contributed by atoms with E-state index in [4.69, 9.17) is 9.47 Å². The quantitative estimate of drug-likeness (QED) is 0.242. The predicted molar refractivity (Wildman–Crippen MR) is 137 cm³/mol. The lowest BCUT2D eigenvalue weighted by Crippen LogP contribution is -2.18. The number of carbonyl (C=O) groups is 1. The van der Waals surface area contributed by atoms with Gasteiger partial charge in [0, 0.05) is 16.5 Å². The number of H-pyrrole nitrogens is 1. The molecule has 0 fully saturated rings. The Balaban J connectivity index is 1.70. The molecule has 6 nitrogen and oxygen atoms in total. The topological polar surface area (TPSA) is 75.7 Å². The van der Waals surface area contributed by atoms with Crippen LogP contribution in [0.3, 0.4) is 0 Å². The lowest BCUT2D eigenvalue weighted by molar-refractivity contribution is 0.0952. The molecule has 0 unspecified atom stereocenters. The van der Waals surface area contributed by atoms with Gasteiger partial charge >= 0.3 is 0 Å². The number of aromatic nitrogens is 1. The third-order valence-corrected chi connectivity index (χ3v) is 5.81. The van der Waals surface area contributed by atoms with Crippen LogP contribution >= 0.6 is 0 Å². The number of hydrogen-bond donors (Lipinski definition) is 2. The van der Waals surface area contributed by atoms with Gasteiger partial charge in [-0.3, -0.25) is 4.79 Å². The largest absolute Gasteiger partial charge is 0.497 e. The Morgan fingerprint density at radius 2 is 1.82 bits per heavy atom. The number of nitrogens with zero attached hydrogens (tertiary/aromatic N) is 1. The van der Waals surface area contributed by atoms with Crippen LogP contribution in [-0.2, 0) is 6.42 Å². The molecule has 0 aliphatic heterocycles. The Labute approximate surface area is 199 Å². The van der Waals surface area contributed by atoms with Crippen LogP contribution in [-0.4, -0.2) is 31.3 Å². The number of para-hydroxylation sites is 1. The van der Waals surface area contributed by atoms with E-state index in [0.717, 1.165) is 52.7 Å². The summed E-state index contributed by atoms with van der Waals surface area (Å²) in [5.41, 5.74) is 8.22. The fourth-order valence-corrected chi connectivity index (χ4v) is 3.96. The van der Waals surface area contributed by atoms with Gasteiger partial charge in [-0.1, -0.05) is 31.5 Å². The summed E-state index contributed by atoms with van der Waals surface area (Å²) in [6, 6.07) is 21.4. The van der Waals surface area contributed by atoms with E-state index in [-0.39, 0.29) is 5.91 Å². The van der Waals surface area contributed by atoms with E-state index >= 15 is 0 Å². The number of amides is 1. The molecule has 0 atom stereocenters. The first-order valence-electron chi connectivity index (χ1n) is 11.4. The molecule has 0 saturated carbocycles. The van der Waals surface area contributed by atoms with Crippen molar-refractivity contribution in [3.8, 4) is 22.8 Å². The van der Waals surface area contributed by atoms with Crippen molar-refractivity contribution in [3.63, 3.8) is 0 Å². The molecule has 3 aromatic carbocycles. The highest BCUT2D eigenvalue weighted by molar-refractivity contribution is 6.06. The molecular weight excluding hydrogens is 426 g/mol. The van der Waals surface area contributed by atoms with Crippen molar-refractivity contribution < 1.29 is 14.3 Å². The third kappa shape index (κ3) is 4.96. The van der Waals surface area contributed by atoms with Gasteiger partial charge in [0.05, 0.1) is 31.7 Å². The SMILES string of the molecule is CCCCc1ccc2[nH]c(-c3ccc(OC)cc3)c(C=NNC(=O)c3ccccc3OC)c2c1. The first-order valence-corrected chi connectivity index (χ1v) is 11.4. The van der Waals surface area contributed by atoms with Gasteiger partial charge in [-0.05, 0) is 72.5 Å². The van der Waals surface area contributed by atoms with Crippen molar-refractivity contribution >= 4 is 23.0 Å². The van der Waals surface area contributed by atoms with E-state index in [9.17, 15) is 4.79 Å². The van der Waals surface area contributed by atoms with Crippen molar-refractivity contribution in [1.82, 2.24) is 10.4 Å². The van der Waals surface area contributed by atoms with E-state index in [1.807, 2.05) is 30.3 Å². The van der Waals surface area contributed by atoms with E-state index in [1.165, 1.54) is 5.56 Å². The average Bonchev–Trinajstić information content (AvgIpc) is 3.25. The first-order chi connectivity index (χ1) is 16.6. The van der Waals surface area contributed by atoms with Gasteiger partial charge < -0.3 is 14.5 Å². The molecule has 0 aliphatic rings. The van der Waals surface area contributed by atoms with Crippen molar-refractivity contribution in [2.75, 3.05) is 14.2 Å². The lowest BCUT2D eigenvalue weighted by atomic mass is 10.0. The van der Waals surface area contributed by atoms with Crippen LogP contribution in [0, 0.1) is 0 Å². The number of aromatic amines is 1. The maximum atomic E-state index is 12.7. The Kier molecular flexibility index (Phi) is 7.28. The van der Waals surface area contributed by atoms with Gasteiger partial charge in [0.1, 0.15) is 11.5 Å². The average molecular weight is 456 g/mol. The summed E-state index contributed by atoms with van der Waals surface area (Å²) in [6.45, 7) is 2.19. The summed E-state index contributed by atoms with van der Waals surface area (Å²) in [5.74, 6) is 0.964. The third-order valence-electron chi connectivity index (χ3n) is 5.81. The zero-order chi connectivity index (χ0) is 23.9. The van der Waals surface area contributed by atoms with Crippen molar-refractivity contribution in [1.29, 1.82) is 0 Å². The maximum absolute atomic E-state index is 12.7. The smallest absolute Gasteiger partial charge is 0.275 e. The second kappa shape index (κ2) is 10.7. The second-order valence-electron chi connectivity index (χ2n) is 8.03. The standard InChI is InChI=1S/C28H29N3O3/c1-4-5-8-19-11-16-25-23(17-19)24(27(30-25)20-12-14-21(33-2)15-13-20)18-29-31-28(32)22-9-6-7-10-26(22)34-3/h6-7,9-18,30H,4-5,8H2,1-3H3,(H,31,32). The minimum atomic E-state index is -0.330. The Morgan fingerprint density at radius 3 is 2.56 bits per heavy atom. The number of methoxy groups -OCH3 is 2. The summed E-state index contributed by atoms with van der Waals surface area (Å²) in [6.07, 6.45) is 5.01. The van der Waals surface area contributed by atoms with Gasteiger partial charge in [-0.2, -0.15) is 5.10 Å². The molecule has 2 N–H and O–H groups in total. The number of hydrogen-bond acceptors (Lipinski definition) is 4. The fraction of sp³-hybridized carbons (Fsp3) is 0.214. The molecule has 0 spiro atoms. The Hall–Kier alpha value is -4.06. The first kappa shape index (κ1) is 23.1. The van der Waals surface area contributed by atoms with Crippen LogP contribution in [0.4, 0.5) is 0 Å². The molecule has 0 radical (unpaired) electrons.